The van der Waals surface area contributed by atoms with Crippen LogP contribution in [0.15, 0.2) is 54.6 Å². The quantitative estimate of drug-likeness (QED) is 0.540. The lowest BCUT2D eigenvalue weighted by Gasteiger charge is -2.31. The molecular weight excluding hydrogens is 380 g/mol. The number of methoxy groups -OCH3 is 2. The monoisotopic (exact) mass is 412 g/mol. The van der Waals surface area contributed by atoms with Gasteiger partial charge in [0, 0.05) is 33.2 Å². The van der Waals surface area contributed by atoms with Gasteiger partial charge in [-0.1, -0.05) is 49.4 Å². The maximum absolute atomic E-state index is 13.2. The van der Waals surface area contributed by atoms with E-state index in [1.165, 1.54) is 0 Å². The zero-order chi connectivity index (χ0) is 21.8. The Bertz CT molecular complexity index is 778. The second-order valence-corrected chi connectivity index (χ2v) is 7.07. The molecule has 0 aliphatic carbocycles. The highest BCUT2D eigenvalue weighted by atomic mass is 16.5. The zero-order valence-electron chi connectivity index (χ0n) is 18.1. The van der Waals surface area contributed by atoms with Gasteiger partial charge in [-0.05, 0) is 36.1 Å². The minimum absolute atomic E-state index is 0.0470. The molecule has 0 saturated heterocycles. The van der Waals surface area contributed by atoms with Crippen LogP contribution in [0.5, 0.6) is 5.75 Å². The summed E-state index contributed by atoms with van der Waals surface area (Å²) in [6.07, 6.45) is 1.82. The maximum atomic E-state index is 13.2. The first-order valence-corrected chi connectivity index (χ1v) is 10.3. The summed E-state index contributed by atoms with van der Waals surface area (Å²) in [5.74, 6) is 0.519. The summed E-state index contributed by atoms with van der Waals surface area (Å²) < 4.78 is 10.3. The predicted molar refractivity (Wildman–Crippen MR) is 117 cm³/mol. The van der Waals surface area contributed by atoms with Gasteiger partial charge < -0.3 is 19.7 Å². The fraction of sp³-hybridized carbons (Fsp3) is 0.417. The number of ether oxygens (including phenoxy) is 2. The van der Waals surface area contributed by atoms with Crippen LogP contribution in [-0.4, -0.2) is 44.1 Å². The van der Waals surface area contributed by atoms with Crippen molar-refractivity contribution in [1.29, 1.82) is 0 Å². The summed E-state index contributed by atoms with van der Waals surface area (Å²) in [5.41, 5.74) is 1.73. The molecule has 30 heavy (non-hydrogen) atoms. The molecule has 0 heterocycles. The lowest BCUT2D eigenvalue weighted by Crippen LogP contribution is -2.43. The van der Waals surface area contributed by atoms with Crippen molar-refractivity contribution in [3.05, 3.63) is 65.7 Å². The van der Waals surface area contributed by atoms with Crippen molar-refractivity contribution in [1.82, 2.24) is 10.2 Å². The minimum Gasteiger partial charge on any atom is -0.497 e. The average Bonchev–Trinajstić information content (AvgIpc) is 2.77. The molecular formula is C24H32N2O4. The first-order valence-electron chi connectivity index (χ1n) is 10.3. The fourth-order valence-electron chi connectivity index (χ4n) is 3.24. The Morgan fingerprint density at radius 1 is 1.03 bits per heavy atom. The van der Waals surface area contributed by atoms with Crippen LogP contribution < -0.4 is 10.1 Å². The van der Waals surface area contributed by atoms with Gasteiger partial charge in [-0.15, -0.1) is 0 Å². The van der Waals surface area contributed by atoms with E-state index in [-0.39, 0.29) is 11.8 Å². The Kier molecular flexibility index (Phi) is 9.87. The van der Waals surface area contributed by atoms with Crippen molar-refractivity contribution < 1.29 is 19.1 Å². The number of nitrogens with zero attached hydrogens (tertiary/aromatic N) is 1. The van der Waals surface area contributed by atoms with Crippen molar-refractivity contribution >= 4 is 11.8 Å². The molecule has 0 saturated carbocycles. The summed E-state index contributed by atoms with van der Waals surface area (Å²) in [6.45, 7) is 3.37. The number of benzene rings is 2. The number of rotatable bonds is 12. The van der Waals surface area contributed by atoms with Crippen LogP contribution in [0.1, 0.15) is 43.4 Å². The Morgan fingerprint density at radius 3 is 2.33 bits per heavy atom. The Hall–Kier alpha value is -2.86. The molecule has 0 bridgehead atoms. The zero-order valence-corrected chi connectivity index (χ0v) is 18.1. The topological polar surface area (TPSA) is 67.9 Å². The van der Waals surface area contributed by atoms with E-state index < -0.39 is 6.04 Å². The number of carbonyl (C=O) groups excluding carboxylic acids is 2. The van der Waals surface area contributed by atoms with Gasteiger partial charge in [0.05, 0.1) is 7.11 Å². The Morgan fingerprint density at radius 2 is 1.73 bits per heavy atom. The molecule has 2 aromatic carbocycles. The third-order valence-electron chi connectivity index (χ3n) is 4.80. The lowest BCUT2D eigenvalue weighted by atomic mass is 10.0. The van der Waals surface area contributed by atoms with Crippen molar-refractivity contribution in [2.24, 2.45) is 0 Å². The second kappa shape index (κ2) is 12.6. The van der Waals surface area contributed by atoms with Gasteiger partial charge in [-0.25, -0.2) is 0 Å². The van der Waals surface area contributed by atoms with Crippen LogP contribution in [0.25, 0.3) is 0 Å². The average molecular weight is 413 g/mol. The van der Waals surface area contributed by atoms with E-state index in [0.29, 0.717) is 32.5 Å². The number of amides is 2. The summed E-state index contributed by atoms with van der Waals surface area (Å²) in [4.78, 5) is 27.9. The maximum Gasteiger partial charge on any atom is 0.247 e. The first-order chi connectivity index (χ1) is 14.6. The normalized spacial score (nSPS) is 11.6. The van der Waals surface area contributed by atoms with E-state index in [1.54, 1.807) is 19.1 Å². The number of hydrogen-bond donors (Lipinski definition) is 1. The van der Waals surface area contributed by atoms with Crippen molar-refractivity contribution in [3.8, 4) is 5.75 Å². The molecule has 1 N–H and O–H groups in total. The number of hydrogen-bond acceptors (Lipinski definition) is 4. The third-order valence-corrected chi connectivity index (χ3v) is 4.80. The Labute approximate surface area is 179 Å². The van der Waals surface area contributed by atoms with E-state index in [1.807, 2.05) is 61.5 Å². The van der Waals surface area contributed by atoms with Crippen molar-refractivity contribution in [3.63, 3.8) is 0 Å². The highest BCUT2D eigenvalue weighted by Gasteiger charge is 2.30. The molecule has 6 heteroatoms. The molecule has 1 atom stereocenters. The minimum atomic E-state index is -0.699. The van der Waals surface area contributed by atoms with Gasteiger partial charge in [0.25, 0.3) is 0 Å². The molecule has 162 valence electrons. The Balaban J connectivity index is 2.32. The lowest BCUT2D eigenvalue weighted by molar-refractivity contribution is -0.141. The smallest absolute Gasteiger partial charge is 0.247 e. The highest BCUT2D eigenvalue weighted by molar-refractivity contribution is 5.88. The molecule has 0 radical (unpaired) electrons. The van der Waals surface area contributed by atoms with Crippen LogP contribution in [0.2, 0.25) is 0 Å². The molecule has 2 rings (SSSR count). The van der Waals surface area contributed by atoms with Crippen LogP contribution >= 0.6 is 0 Å². The standard InChI is InChI=1S/C24H32N2O4/c1-4-9-22(27)26(18-19-12-14-21(30-3)15-13-19)23(20-10-6-5-7-11-20)24(28)25-16-8-17-29-2/h5-7,10-15,23H,4,8-9,16-18H2,1-3H3,(H,25,28). The van der Waals surface area contributed by atoms with Gasteiger partial charge in [0.1, 0.15) is 11.8 Å². The molecule has 2 amide bonds. The van der Waals surface area contributed by atoms with Crippen LogP contribution in [0, 0.1) is 0 Å². The van der Waals surface area contributed by atoms with E-state index in [0.717, 1.165) is 23.3 Å². The van der Waals surface area contributed by atoms with Crippen LogP contribution in [0.3, 0.4) is 0 Å². The SMILES string of the molecule is CCCC(=O)N(Cc1ccc(OC)cc1)C(C(=O)NCCCOC)c1ccccc1. The van der Waals surface area contributed by atoms with Crippen LogP contribution in [-0.2, 0) is 20.9 Å². The summed E-state index contributed by atoms with van der Waals surface area (Å²) in [7, 11) is 3.25. The second-order valence-electron chi connectivity index (χ2n) is 7.07. The number of carbonyl (C=O) groups is 2. The van der Waals surface area contributed by atoms with Gasteiger partial charge in [-0.2, -0.15) is 0 Å². The predicted octanol–water partition coefficient (Wildman–Crippen LogP) is 3.72. The largest absolute Gasteiger partial charge is 0.497 e. The van der Waals surface area contributed by atoms with Gasteiger partial charge in [0.2, 0.25) is 11.8 Å². The third kappa shape index (κ3) is 6.88. The van der Waals surface area contributed by atoms with Crippen LogP contribution in [0.4, 0.5) is 0 Å². The van der Waals surface area contributed by atoms with Gasteiger partial charge in [-0.3, -0.25) is 9.59 Å². The van der Waals surface area contributed by atoms with E-state index in [4.69, 9.17) is 9.47 Å². The fourth-order valence-corrected chi connectivity index (χ4v) is 3.24. The first kappa shape index (κ1) is 23.4. The molecule has 0 spiro atoms. The molecule has 0 aliphatic heterocycles. The molecule has 1 unspecified atom stereocenters. The molecule has 0 aliphatic rings. The summed E-state index contributed by atoms with van der Waals surface area (Å²) >= 11 is 0. The van der Waals surface area contributed by atoms with Crippen molar-refractivity contribution in [2.75, 3.05) is 27.4 Å². The van der Waals surface area contributed by atoms with E-state index in [9.17, 15) is 9.59 Å². The highest BCUT2D eigenvalue weighted by Crippen LogP contribution is 2.25. The molecule has 0 aromatic heterocycles. The summed E-state index contributed by atoms with van der Waals surface area (Å²) in [6, 6.07) is 16.3. The van der Waals surface area contributed by atoms with Crippen molar-refractivity contribution in [2.45, 2.75) is 38.8 Å². The number of nitrogens with one attached hydrogen (secondary N) is 1. The molecule has 6 nitrogen and oxygen atoms in total. The van der Waals surface area contributed by atoms with E-state index in [2.05, 4.69) is 5.32 Å². The van der Waals surface area contributed by atoms with Gasteiger partial charge >= 0.3 is 0 Å². The summed E-state index contributed by atoms with van der Waals surface area (Å²) in [5, 5.41) is 2.96. The molecule has 0 fully saturated rings. The molecule has 2 aromatic rings. The van der Waals surface area contributed by atoms with E-state index >= 15 is 0 Å². The van der Waals surface area contributed by atoms with Gasteiger partial charge in [0.15, 0.2) is 0 Å².